The van der Waals surface area contributed by atoms with Gasteiger partial charge in [0.05, 0.1) is 32.1 Å². The van der Waals surface area contributed by atoms with Gasteiger partial charge < -0.3 is 14.4 Å². The van der Waals surface area contributed by atoms with Crippen LogP contribution in [0.4, 0.5) is 5.95 Å². The van der Waals surface area contributed by atoms with E-state index in [1.165, 1.54) is 0 Å². The van der Waals surface area contributed by atoms with E-state index in [2.05, 4.69) is 33.0 Å². The van der Waals surface area contributed by atoms with Crippen LogP contribution in [-0.4, -0.2) is 52.7 Å². The van der Waals surface area contributed by atoms with Crippen molar-refractivity contribution in [3.05, 3.63) is 29.7 Å². The van der Waals surface area contributed by atoms with Crippen molar-refractivity contribution in [3.63, 3.8) is 0 Å². The Morgan fingerprint density at radius 2 is 2.27 bits per heavy atom. The van der Waals surface area contributed by atoms with Gasteiger partial charge in [-0.25, -0.2) is 4.98 Å². The summed E-state index contributed by atoms with van der Waals surface area (Å²) in [6.07, 6.45) is 1.79. The number of ether oxygens (including phenoxy) is 2. The molecule has 0 unspecified atom stereocenters. The summed E-state index contributed by atoms with van der Waals surface area (Å²) < 4.78 is 13.0. The molecule has 0 spiro atoms. The molecule has 1 fully saturated rings. The quantitative estimate of drug-likeness (QED) is 0.846. The highest BCUT2D eigenvalue weighted by Crippen LogP contribution is 2.17. The van der Waals surface area contributed by atoms with Crippen molar-refractivity contribution < 1.29 is 9.47 Å². The van der Waals surface area contributed by atoms with E-state index in [4.69, 9.17) is 9.47 Å². The Kier molecular flexibility index (Phi) is 4.24. The van der Waals surface area contributed by atoms with Crippen LogP contribution in [0.5, 0.6) is 5.88 Å². The normalized spacial score (nSPS) is 18.5. The monoisotopic (exact) mass is 303 g/mol. The molecule has 22 heavy (non-hydrogen) atoms. The largest absolute Gasteiger partial charge is 0.481 e. The van der Waals surface area contributed by atoms with Gasteiger partial charge in [-0.1, -0.05) is 0 Å². The topological polar surface area (TPSA) is 65.3 Å². The number of methoxy groups -OCH3 is 1. The van der Waals surface area contributed by atoms with Crippen LogP contribution in [0.3, 0.4) is 0 Å². The summed E-state index contributed by atoms with van der Waals surface area (Å²) in [6.45, 7) is 6.98. The van der Waals surface area contributed by atoms with Gasteiger partial charge in [-0.05, 0) is 19.9 Å². The Hall–Kier alpha value is -2.15. The highest BCUT2D eigenvalue weighted by Gasteiger charge is 2.23. The molecule has 1 atom stereocenters. The molecule has 0 aliphatic carbocycles. The van der Waals surface area contributed by atoms with Crippen LogP contribution < -0.4 is 9.64 Å². The lowest BCUT2D eigenvalue weighted by atomic mass is 10.2. The van der Waals surface area contributed by atoms with Crippen molar-refractivity contribution in [2.45, 2.75) is 26.5 Å². The first kappa shape index (κ1) is 14.8. The molecule has 0 aromatic carbocycles. The van der Waals surface area contributed by atoms with E-state index < -0.39 is 0 Å². The summed E-state index contributed by atoms with van der Waals surface area (Å²) in [5, 5.41) is 4.50. The molecule has 1 aliphatic heterocycles. The summed E-state index contributed by atoms with van der Waals surface area (Å²) in [4.78, 5) is 10.9. The second-order valence-electron chi connectivity index (χ2n) is 5.45. The molecule has 0 N–H and O–H groups in total. The minimum absolute atomic E-state index is 0.0709. The van der Waals surface area contributed by atoms with Gasteiger partial charge >= 0.3 is 0 Å². The van der Waals surface area contributed by atoms with Crippen molar-refractivity contribution in [2.75, 3.05) is 31.7 Å². The number of aryl methyl sites for hydroxylation is 2. The summed E-state index contributed by atoms with van der Waals surface area (Å²) in [5.41, 5.74) is 2.18. The van der Waals surface area contributed by atoms with Gasteiger partial charge in [0, 0.05) is 31.0 Å². The van der Waals surface area contributed by atoms with Gasteiger partial charge in [0.15, 0.2) is 0 Å². The predicted octanol–water partition coefficient (Wildman–Crippen LogP) is 1.20. The Morgan fingerprint density at radius 1 is 1.41 bits per heavy atom. The number of aromatic nitrogens is 4. The fourth-order valence-electron chi connectivity index (χ4n) is 2.66. The SMILES string of the molecule is COc1ccnc(N2CCO[C@H](Cn3nc(C)cc3C)C2)n1. The highest BCUT2D eigenvalue weighted by molar-refractivity contribution is 5.32. The lowest BCUT2D eigenvalue weighted by Gasteiger charge is -2.33. The van der Waals surface area contributed by atoms with E-state index in [0.717, 1.165) is 31.0 Å². The Morgan fingerprint density at radius 3 is 3.00 bits per heavy atom. The Bertz CT molecular complexity index is 643. The molecular formula is C15H21N5O2. The van der Waals surface area contributed by atoms with Crippen molar-refractivity contribution in [3.8, 4) is 5.88 Å². The molecule has 7 nitrogen and oxygen atoms in total. The summed E-state index contributed by atoms with van der Waals surface area (Å²) in [7, 11) is 1.61. The van der Waals surface area contributed by atoms with Crippen LogP contribution in [0.2, 0.25) is 0 Å². The van der Waals surface area contributed by atoms with E-state index in [-0.39, 0.29) is 6.10 Å². The van der Waals surface area contributed by atoms with Crippen LogP contribution in [0.1, 0.15) is 11.4 Å². The van der Waals surface area contributed by atoms with Crippen molar-refractivity contribution in [1.82, 2.24) is 19.7 Å². The molecular weight excluding hydrogens is 282 g/mol. The Balaban J connectivity index is 1.69. The molecule has 0 amide bonds. The molecule has 2 aromatic rings. The lowest BCUT2D eigenvalue weighted by Crippen LogP contribution is -2.45. The minimum atomic E-state index is 0.0709. The number of nitrogens with zero attached hydrogens (tertiary/aromatic N) is 5. The van der Waals surface area contributed by atoms with Crippen molar-refractivity contribution in [2.24, 2.45) is 0 Å². The fourth-order valence-corrected chi connectivity index (χ4v) is 2.66. The van der Waals surface area contributed by atoms with E-state index in [1.807, 2.05) is 11.6 Å². The summed E-state index contributed by atoms with van der Waals surface area (Å²) in [6, 6.07) is 3.82. The van der Waals surface area contributed by atoms with E-state index in [9.17, 15) is 0 Å². The van der Waals surface area contributed by atoms with Crippen molar-refractivity contribution in [1.29, 1.82) is 0 Å². The number of hydrogen-bond acceptors (Lipinski definition) is 6. The number of anilines is 1. The molecule has 1 aliphatic rings. The predicted molar refractivity (Wildman–Crippen MR) is 82.2 cm³/mol. The summed E-state index contributed by atoms with van der Waals surface area (Å²) in [5.74, 6) is 1.26. The standard InChI is InChI=1S/C15H21N5O2/c1-11-8-12(2)20(18-11)10-13-9-19(6-7-22-13)15-16-5-4-14(17-15)21-3/h4-5,8,13H,6-7,9-10H2,1-3H3/t13-/m0/s1. The van der Waals surface area contributed by atoms with E-state index in [0.29, 0.717) is 18.4 Å². The molecule has 2 aromatic heterocycles. The lowest BCUT2D eigenvalue weighted by molar-refractivity contribution is 0.0264. The molecule has 1 saturated heterocycles. The van der Waals surface area contributed by atoms with Crippen LogP contribution in [0.25, 0.3) is 0 Å². The molecule has 3 rings (SSSR count). The van der Waals surface area contributed by atoms with Gasteiger partial charge in [-0.15, -0.1) is 0 Å². The zero-order valence-electron chi connectivity index (χ0n) is 13.2. The third-order valence-corrected chi connectivity index (χ3v) is 3.73. The third kappa shape index (κ3) is 3.19. The zero-order valence-corrected chi connectivity index (χ0v) is 13.2. The van der Waals surface area contributed by atoms with Crippen molar-refractivity contribution >= 4 is 5.95 Å². The van der Waals surface area contributed by atoms with Crippen LogP contribution in [0.15, 0.2) is 18.3 Å². The van der Waals surface area contributed by atoms with Gasteiger partial charge in [0.1, 0.15) is 0 Å². The smallest absolute Gasteiger partial charge is 0.228 e. The maximum atomic E-state index is 5.87. The molecule has 118 valence electrons. The number of morpholine rings is 1. The maximum absolute atomic E-state index is 5.87. The fraction of sp³-hybridized carbons (Fsp3) is 0.533. The average molecular weight is 303 g/mol. The first-order valence-electron chi connectivity index (χ1n) is 7.40. The summed E-state index contributed by atoms with van der Waals surface area (Å²) >= 11 is 0. The second kappa shape index (κ2) is 6.31. The second-order valence-corrected chi connectivity index (χ2v) is 5.45. The molecule has 3 heterocycles. The third-order valence-electron chi connectivity index (χ3n) is 3.73. The van der Waals surface area contributed by atoms with Crippen LogP contribution >= 0.6 is 0 Å². The highest BCUT2D eigenvalue weighted by atomic mass is 16.5. The molecule has 0 radical (unpaired) electrons. The number of rotatable bonds is 4. The van der Waals surface area contributed by atoms with Crippen LogP contribution in [0, 0.1) is 13.8 Å². The molecule has 0 saturated carbocycles. The average Bonchev–Trinajstić information content (AvgIpc) is 2.85. The van der Waals surface area contributed by atoms with Gasteiger partial charge in [-0.3, -0.25) is 4.68 Å². The van der Waals surface area contributed by atoms with E-state index >= 15 is 0 Å². The Labute approximate surface area is 129 Å². The van der Waals surface area contributed by atoms with Crippen LogP contribution in [-0.2, 0) is 11.3 Å². The first-order valence-corrected chi connectivity index (χ1v) is 7.40. The zero-order chi connectivity index (χ0) is 15.5. The van der Waals surface area contributed by atoms with Gasteiger partial charge in [0.25, 0.3) is 0 Å². The first-order chi connectivity index (χ1) is 10.7. The molecule has 0 bridgehead atoms. The van der Waals surface area contributed by atoms with E-state index in [1.54, 1.807) is 19.4 Å². The van der Waals surface area contributed by atoms with Gasteiger partial charge in [-0.2, -0.15) is 10.1 Å². The number of hydrogen-bond donors (Lipinski definition) is 0. The molecule has 7 heteroatoms. The maximum Gasteiger partial charge on any atom is 0.228 e. The van der Waals surface area contributed by atoms with Gasteiger partial charge in [0.2, 0.25) is 11.8 Å². The minimum Gasteiger partial charge on any atom is -0.481 e.